The number of anilines is 2. The molecule has 1 heterocycles. The van der Waals surface area contributed by atoms with Crippen LogP contribution in [0, 0.1) is 6.92 Å². The molecule has 0 aliphatic carbocycles. The first-order valence-corrected chi connectivity index (χ1v) is 8.00. The zero-order chi connectivity index (χ0) is 15.0. The number of benzene rings is 1. The van der Waals surface area contributed by atoms with E-state index in [0.717, 1.165) is 13.1 Å². The maximum atomic E-state index is 2.56. The van der Waals surface area contributed by atoms with E-state index < -0.39 is 0 Å². The molecule has 120 valence electrons. The van der Waals surface area contributed by atoms with Crippen LogP contribution in [-0.2, 0) is 0 Å². The standard InChI is InChI=1S/C18H30N2.CH4/c1-12(2)16-11-18-17(10-15(16)7)19(13(3)4)8-9-20(18)14(5)6;/h10-14H,8-9H2,1-7H3;1H4. The lowest BCUT2D eigenvalue weighted by Gasteiger charge is -2.43. The fourth-order valence-corrected chi connectivity index (χ4v) is 3.31. The van der Waals surface area contributed by atoms with Gasteiger partial charge in [0.05, 0.1) is 11.4 Å². The fourth-order valence-electron chi connectivity index (χ4n) is 3.31. The van der Waals surface area contributed by atoms with Gasteiger partial charge in [-0.15, -0.1) is 0 Å². The summed E-state index contributed by atoms with van der Waals surface area (Å²) in [6.45, 7) is 18.3. The Hall–Kier alpha value is -1.18. The molecule has 0 spiro atoms. The molecule has 2 rings (SSSR count). The van der Waals surface area contributed by atoms with E-state index in [0.29, 0.717) is 18.0 Å². The Kier molecular flexibility index (Phi) is 5.72. The van der Waals surface area contributed by atoms with Crippen LogP contribution in [0.15, 0.2) is 12.1 Å². The minimum atomic E-state index is 0. The van der Waals surface area contributed by atoms with Gasteiger partial charge in [0.2, 0.25) is 0 Å². The summed E-state index contributed by atoms with van der Waals surface area (Å²) in [5.74, 6) is 0.587. The van der Waals surface area contributed by atoms with Gasteiger partial charge in [0, 0.05) is 25.2 Å². The Morgan fingerprint density at radius 2 is 1.24 bits per heavy atom. The summed E-state index contributed by atoms with van der Waals surface area (Å²) in [5.41, 5.74) is 5.76. The number of hydrogen-bond donors (Lipinski definition) is 0. The molecule has 2 heteroatoms. The summed E-state index contributed by atoms with van der Waals surface area (Å²) in [6.07, 6.45) is 0. The van der Waals surface area contributed by atoms with Gasteiger partial charge in [0.25, 0.3) is 0 Å². The van der Waals surface area contributed by atoms with Crippen LogP contribution in [0.5, 0.6) is 0 Å². The molecule has 0 amide bonds. The van der Waals surface area contributed by atoms with Crippen LogP contribution in [0.4, 0.5) is 11.4 Å². The lowest BCUT2D eigenvalue weighted by atomic mass is 9.94. The first kappa shape index (κ1) is 17.9. The molecule has 2 nitrogen and oxygen atoms in total. The van der Waals surface area contributed by atoms with Crippen LogP contribution < -0.4 is 9.80 Å². The van der Waals surface area contributed by atoms with E-state index in [1.54, 1.807) is 0 Å². The van der Waals surface area contributed by atoms with Crippen molar-refractivity contribution < 1.29 is 0 Å². The molecule has 0 radical (unpaired) electrons. The molecule has 0 N–H and O–H groups in total. The molecule has 1 aliphatic rings. The number of fused-ring (bicyclic) bond motifs is 1. The number of nitrogens with zero attached hydrogens (tertiary/aromatic N) is 2. The summed E-state index contributed by atoms with van der Waals surface area (Å²) < 4.78 is 0. The van der Waals surface area contributed by atoms with Crippen molar-refractivity contribution in [1.82, 2.24) is 0 Å². The largest absolute Gasteiger partial charge is 0.366 e. The van der Waals surface area contributed by atoms with Crippen molar-refractivity contribution in [1.29, 1.82) is 0 Å². The molecule has 0 unspecified atom stereocenters. The third-order valence-corrected chi connectivity index (χ3v) is 4.43. The smallest absolute Gasteiger partial charge is 0.0610 e. The normalized spacial score (nSPS) is 14.8. The van der Waals surface area contributed by atoms with E-state index in [2.05, 4.69) is 70.4 Å². The van der Waals surface area contributed by atoms with E-state index in [-0.39, 0.29) is 7.43 Å². The van der Waals surface area contributed by atoms with Crippen LogP contribution in [-0.4, -0.2) is 25.2 Å². The van der Waals surface area contributed by atoms with E-state index in [1.165, 1.54) is 22.5 Å². The monoisotopic (exact) mass is 290 g/mol. The van der Waals surface area contributed by atoms with Gasteiger partial charge in [0.1, 0.15) is 0 Å². The Morgan fingerprint density at radius 1 is 0.810 bits per heavy atom. The number of aryl methyl sites for hydroxylation is 1. The number of rotatable bonds is 3. The second-order valence-corrected chi connectivity index (χ2v) is 6.93. The highest BCUT2D eigenvalue weighted by Crippen LogP contribution is 2.39. The molecular weight excluding hydrogens is 256 g/mol. The summed E-state index contributed by atoms with van der Waals surface area (Å²) in [5, 5.41) is 0. The summed E-state index contributed by atoms with van der Waals surface area (Å²) in [4.78, 5) is 5.10. The Labute approximate surface area is 132 Å². The first-order valence-electron chi connectivity index (χ1n) is 8.00. The van der Waals surface area contributed by atoms with Crippen LogP contribution >= 0.6 is 0 Å². The van der Waals surface area contributed by atoms with Crippen molar-refractivity contribution in [3.05, 3.63) is 23.3 Å². The average Bonchev–Trinajstić information content (AvgIpc) is 2.35. The van der Waals surface area contributed by atoms with Crippen LogP contribution in [0.3, 0.4) is 0 Å². The predicted octanol–water partition coefficient (Wildman–Crippen LogP) is 5.20. The topological polar surface area (TPSA) is 6.48 Å². The molecule has 1 aliphatic heterocycles. The second-order valence-electron chi connectivity index (χ2n) is 6.93. The van der Waals surface area contributed by atoms with Gasteiger partial charge in [-0.1, -0.05) is 21.3 Å². The van der Waals surface area contributed by atoms with E-state index >= 15 is 0 Å². The van der Waals surface area contributed by atoms with Gasteiger partial charge in [-0.3, -0.25) is 0 Å². The molecule has 1 aromatic rings. The molecule has 0 fully saturated rings. The highest BCUT2D eigenvalue weighted by Gasteiger charge is 2.27. The third-order valence-electron chi connectivity index (χ3n) is 4.43. The van der Waals surface area contributed by atoms with Crippen molar-refractivity contribution in [2.24, 2.45) is 0 Å². The van der Waals surface area contributed by atoms with Gasteiger partial charge >= 0.3 is 0 Å². The lowest BCUT2D eigenvalue weighted by Crippen LogP contribution is -2.46. The molecule has 1 aromatic carbocycles. The summed E-state index contributed by atoms with van der Waals surface area (Å²) in [6, 6.07) is 5.96. The SMILES string of the molecule is C.Cc1cc2c(cc1C(C)C)N(C(C)C)CCN2C(C)C. The maximum absolute atomic E-state index is 2.56. The minimum Gasteiger partial charge on any atom is -0.366 e. The Balaban J connectivity index is 0.00000220. The van der Waals surface area contributed by atoms with Gasteiger partial charge in [-0.25, -0.2) is 0 Å². The van der Waals surface area contributed by atoms with Crippen molar-refractivity contribution in [3.8, 4) is 0 Å². The minimum absolute atomic E-state index is 0. The van der Waals surface area contributed by atoms with Crippen molar-refractivity contribution in [2.45, 2.75) is 73.9 Å². The molecule has 0 aromatic heterocycles. The van der Waals surface area contributed by atoms with Gasteiger partial charge in [-0.05, 0) is 63.8 Å². The summed E-state index contributed by atoms with van der Waals surface area (Å²) in [7, 11) is 0. The zero-order valence-corrected chi connectivity index (χ0v) is 14.2. The molecule has 0 bridgehead atoms. The first-order chi connectivity index (χ1) is 9.32. The van der Waals surface area contributed by atoms with E-state index in [4.69, 9.17) is 0 Å². The van der Waals surface area contributed by atoms with Crippen molar-refractivity contribution >= 4 is 11.4 Å². The molecular formula is C19H34N2. The maximum Gasteiger partial charge on any atom is 0.0610 e. The quantitative estimate of drug-likeness (QED) is 0.755. The van der Waals surface area contributed by atoms with Gasteiger partial charge < -0.3 is 9.80 Å². The van der Waals surface area contributed by atoms with Gasteiger partial charge in [0.15, 0.2) is 0 Å². The molecule has 0 atom stereocenters. The average molecular weight is 290 g/mol. The lowest BCUT2D eigenvalue weighted by molar-refractivity contribution is 0.601. The molecule has 0 saturated heterocycles. The highest BCUT2D eigenvalue weighted by atomic mass is 15.3. The Morgan fingerprint density at radius 3 is 1.62 bits per heavy atom. The van der Waals surface area contributed by atoms with Crippen molar-refractivity contribution in [2.75, 3.05) is 22.9 Å². The number of hydrogen-bond acceptors (Lipinski definition) is 2. The van der Waals surface area contributed by atoms with E-state index in [1.807, 2.05) is 0 Å². The van der Waals surface area contributed by atoms with E-state index in [9.17, 15) is 0 Å². The summed E-state index contributed by atoms with van der Waals surface area (Å²) >= 11 is 0. The van der Waals surface area contributed by atoms with Gasteiger partial charge in [-0.2, -0.15) is 0 Å². The highest BCUT2D eigenvalue weighted by molar-refractivity contribution is 5.76. The third kappa shape index (κ3) is 3.36. The molecule has 0 saturated carbocycles. The Bertz CT molecular complexity index is 475. The van der Waals surface area contributed by atoms with Crippen LogP contribution in [0.25, 0.3) is 0 Å². The van der Waals surface area contributed by atoms with Crippen molar-refractivity contribution in [3.63, 3.8) is 0 Å². The van der Waals surface area contributed by atoms with Crippen LogP contribution in [0.1, 0.15) is 66.0 Å². The zero-order valence-electron chi connectivity index (χ0n) is 14.2. The predicted molar refractivity (Wildman–Crippen MR) is 97.0 cm³/mol. The molecule has 21 heavy (non-hydrogen) atoms. The van der Waals surface area contributed by atoms with Crippen LogP contribution in [0.2, 0.25) is 0 Å². The second kappa shape index (κ2) is 6.72. The fraction of sp³-hybridized carbons (Fsp3) is 0.684.